The Hall–Kier alpha value is -5.19. The minimum absolute atomic E-state index is 0.0635. The van der Waals surface area contributed by atoms with Crippen LogP contribution in [0.25, 0.3) is 10.9 Å². The maximum atomic E-state index is 13.2. The van der Waals surface area contributed by atoms with Crippen LogP contribution in [-0.4, -0.2) is 94.0 Å². The zero-order valence-electron chi connectivity index (χ0n) is 24.9. The van der Waals surface area contributed by atoms with Gasteiger partial charge in [-0.15, -0.1) is 0 Å². The number of carboxylic acid groups (broad SMARTS) is 2. The van der Waals surface area contributed by atoms with E-state index in [9.17, 15) is 33.9 Å². The van der Waals surface area contributed by atoms with Crippen molar-refractivity contribution in [2.24, 2.45) is 22.2 Å². The van der Waals surface area contributed by atoms with Crippen LogP contribution in [0.2, 0.25) is 0 Å². The fraction of sp³-hybridized carbons (Fsp3) is 0.464. The third-order valence-electron chi connectivity index (χ3n) is 6.63. The van der Waals surface area contributed by atoms with Gasteiger partial charge in [0.25, 0.3) is 0 Å². The number of carbonyl (C=O) groups excluding carboxylic acids is 4. The molecule has 17 nitrogen and oxygen atoms in total. The van der Waals surface area contributed by atoms with E-state index in [0.717, 1.165) is 17.8 Å². The lowest BCUT2D eigenvalue weighted by atomic mass is 10.1. The predicted molar refractivity (Wildman–Crippen MR) is 163 cm³/mol. The molecule has 0 saturated carbocycles. The molecular weight excluding hydrogens is 590 g/mol. The number of guanidine groups is 1. The fourth-order valence-corrected chi connectivity index (χ4v) is 4.38. The Morgan fingerprint density at radius 1 is 0.889 bits per heavy atom. The number of hydrogen-bond donors (Lipinski definition) is 10. The van der Waals surface area contributed by atoms with Gasteiger partial charge in [0.1, 0.15) is 18.1 Å². The van der Waals surface area contributed by atoms with Crippen LogP contribution in [0.4, 0.5) is 0 Å². The molecule has 1 aromatic carbocycles. The van der Waals surface area contributed by atoms with Crippen molar-refractivity contribution in [3.63, 3.8) is 0 Å². The van der Waals surface area contributed by atoms with E-state index in [0.29, 0.717) is 12.1 Å². The van der Waals surface area contributed by atoms with Crippen molar-refractivity contribution in [3.05, 3.63) is 36.0 Å². The number of aliphatic carboxylic acids is 2. The van der Waals surface area contributed by atoms with E-state index in [1.807, 2.05) is 30.3 Å². The second-order valence-electron chi connectivity index (χ2n) is 10.4. The Labute approximate surface area is 258 Å². The number of amides is 4. The lowest BCUT2D eigenvalue weighted by Gasteiger charge is -2.22. The summed E-state index contributed by atoms with van der Waals surface area (Å²) in [6.45, 7) is 1.20. The Balaban J connectivity index is 2.08. The number of nitrogens with zero attached hydrogens (tertiary/aromatic N) is 1. The van der Waals surface area contributed by atoms with E-state index >= 15 is 0 Å². The molecule has 45 heavy (non-hydrogen) atoms. The standard InChI is InChI=1S/C28H41N9O8/c1-15(38)34-20(8-9-23(39)40)26(43)36-21(27(44)45)10-12-32-25(42)22(14-17-13-16-5-2-3-7-19(16)35-17)37-24(41)18(29)6-4-11-33-28(30)31/h2-3,5,7,13,18,20-22,35H,4,6,8-12,14,29H2,1H3,(H,32,42)(H,34,38)(H,36,43)(H,37,41)(H,39,40)(H,44,45)(H4,30,31,33). The van der Waals surface area contributed by atoms with Crippen LogP contribution in [0.1, 0.15) is 44.7 Å². The molecule has 4 atom stereocenters. The number of H-pyrrole nitrogens is 1. The smallest absolute Gasteiger partial charge is 0.326 e. The number of benzene rings is 1. The van der Waals surface area contributed by atoms with Crippen LogP contribution >= 0.6 is 0 Å². The first-order chi connectivity index (χ1) is 21.3. The molecule has 2 aromatic rings. The van der Waals surface area contributed by atoms with Crippen molar-refractivity contribution in [3.8, 4) is 0 Å². The zero-order valence-corrected chi connectivity index (χ0v) is 24.9. The number of aromatic nitrogens is 1. The van der Waals surface area contributed by atoms with Gasteiger partial charge in [-0.05, 0) is 43.2 Å². The zero-order chi connectivity index (χ0) is 33.5. The minimum atomic E-state index is -1.47. The summed E-state index contributed by atoms with van der Waals surface area (Å²) in [6, 6.07) is 4.49. The third kappa shape index (κ3) is 12.9. The Morgan fingerprint density at radius 3 is 2.20 bits per heavy atom. The summed E-state index contributed by atoms with van der Waals surface area (Å²) in [5.74, 6) is -5.39. The topological polar surface area (TPSA) is 297 Å². The lowest BCUT2D eigenvalue weighted by Crippen LogP contribution is -2.54. The number of para-hydroxylation sites is 1. The number of nitrogens with two attached hydrogens (primary N) is 3. The molecule has 0 spiro atoms. The summed E-state index contributed by atoms with van der Waals surface area (Å²) in [6.07, 6.45) is -0.211. The number of hydrogen-bond acceptors (Lipinski definition) is 8. The van der Waals surface area contributed by atoms with Crippen molar-refractivity contribution >= 4 is 52.4 Å². The summed E-state index contributed by atoms with van der Waals surface area (Å²) in [4.78, 5) is 80.0. The molecule has 0 saturated heterocycles. The molecule has 0 bridgehead atoms. The van der Waals surface area contributed by atoms with Crippen LogP contribution in [-0.2, 0) is 35.2 Å². The third-order valence-corrected chi connectivity index (χ3v) is 6.63. The number of aromatic amines is 1. The van der Waals surface area contributed by atoms with Crippen LogP contribution in [0.3, 0.4) is 0 Å². The van der Waals surface area contributed by atoms with Crippen molar-refractivity contribution in [2.45, 2.75) is 69.6 Å². The SMILES string of the molecule is CC(=O)NC(CCC(=O)O)C(=O)NC(CCNC(=O)C(Cc1cc2ccccc2[nH]1)NC(=O)C(N)CCCN=C(N)N)C(=O)O. The van der Waals surface area contributed by atoms with Gasteiger partial charge < -0.3 is 53.7 Å². The molecule has 4 unspecified atom stereocenters. The average Bonchev–Trinajstić information content (AvgIpc) is 3.38. The Bertz CT molecular complexity index is 1360. The van der Waals surface area contributed by atoms with Gasteiger partial charge >= 0.3 is 11.9 Å². The normalized spacial score (nSPS) is 13.5. The molecule has 1 heterocycles. The van der Waals surface area contributed by atoms with Crippen LogP contribution in [0, 0.1) is 0 Å². The number of carbonyl (C=O) groups is 6. The molecule has 4 amide bonds. The van der Waals surface area contributed by atoms with Crippen LogP contribution in [0.5, 0.6) is 0 Å². The van der Waals surface area contributed by atoms with Gasteiger partial charge in [-0.1, -0.05) is 18.2 Å². The van der Waals surface area contributed by atoms with Crippen molar-refractivity contribution in [2.75, 3.05) is 13.1 Å². The maximum absolute atomic E-state index is 13.2. The highest BCUT2D eigenvalue weighted by molar-refractivity contribution is 5.91. The van der Waals surface area contributed by atoms with Gasteiger partial charge in [-0.2, -0.15) is 0 Å². The first kappa shape index (κ1) is 36.0. The van der Waals surface area contributed by atoms with Gasteiger partial charge in [0, 0.05) is 44.1 Å². The number of fused-ring (bicyclic) bond motifs is 1. The maximum Gasteiger partial charge on any atom is 0.326 e. The van der Waals surface area contributed by atoms with Gasteiger partial charge in [-0.25, -0.2) is 4.79 Å². The molecule has 0 fully saturated rings. The fourth-order valence-electron chi connectivity index (χ4n) is 4.38. The first-order valence-electron chi connectivity index (χ1n) is 14.2. The summed E-state index contributed by atoms with van der Waals surface area (Å²) in [5.41, 5.74) is 18.1. The molecule has 17 heteroatoms. The molecule has 2 rings (SSSR count). The highest BCUT2D eigenvalue weighted by Gasteiger charge is 2.28. The molecule has 0 aliphatic rings. The van der Waals surface area contributed by atoms with Crippen molar-refractivity contribution in [1.82, 2.24) is 26.3 Å². The highest BCUT2D eigenvalue weighted by Crippen LogP contribution is 2.16. The van der Waals surface area contributed by atoms with E-state index < -0.39 is 66.2 Å². The van der Waals surface area contributed by atoms with E-state index in [4.69, 9.17) is 22.3 Å². The average molecular weight is 632 g/mol. The molecule has 0 aliphatic carbocycles. The first-order valence-corrected chi connectivity index (χ1v) is 14.2. The molecule has 0 aliphatic heterocycles. The summed E-state index contributed by atoms with van der Waals surface area (Å²) >= 11 is 0. The Kier molecular flexibility index (Phi) is 14.3. The molecule has 246 valence electrons. The second kappa shape index (κ2) is 17.8. The number of rotatable bonds is 19. The largest absolute Gasteiger partial charge is 0.481 e. The second-order valence-corrected chi connectivity index (χ2v) is 10.4. The predicted octanol–water partition coefficient (Wildman–Crippen LogP) is -1.98. The van der Waals surface area contributed by atoms with Gasteiger partial charge in [0.05, 0.1) is 6.04 Å². The minimum Gasteiger partial charge on any atom is -0.481 e. The summed E-state index contributed by atoms with van der Waals surface area (Å²) in [5, 5.41) is 29.3. The number of carboxylic acids is 2. The molecule has 1 aromatic heterocycles. The molecule has 0 radical (unpaired) electrons. The number of aliphatic imine (C=N–C) groups is 1. The number of nitrogens with one attached hydrogen (secondary N) is 5. The van der Waals surface area contributed by atoms with E-state index in [1.54, 1.807) is 0 Å². The van der Waals surface area contributed by atoms with Crippen LogP contribution < -0.4 is 38.5 Å². The monoisotopic (exact) mass is 631 g/mol. The summed E-state index contributed by atoms with van der Waals surface area (Å²) in [7, 11) is 0. The summed E-state index contributed by atoms with van der Waals surface area (Å²) < 4.78 is 0. The van der Waals surface area contributed by atoms with Gasteiger partial charge in [0.15, 0.2) is 5.96 Å². The Morgan fingerprint density at radius 2 is 1.58 bits per heavy atom. The van der Waals surface area contributed by atoms with Crippen LogP contribution in [0.15, 0.2) is 35.3 Å². The van der Waals surface area contributed by atoms with E-state index in [2.05, 4.69) is 31.2 Å². The quantitative estimate of drug-likeness (QED) is 0.0460. The molecular formula is C28H41N9O8. The highest BCUT2D eigenvalue weighted by atomic mass is 16.4. The van der Waals surface area contributed by atoms with E-state index in [-0.39, 0.29) is 44.7 Å². The van der Waals surface area contributed by atoms with Crippen molar-refractivity contribution in [1.29, 1.82) is 0 Å². The van der Waals surface area contributed by atoms with Gasteiger partial charge in [-0.3, -0.25) is 29.0 Å². The lowest BCUT2D eigenvalue weighted by molar-refractivity contribution is -0.143. The molecule has 13 N–H and O–H groups in total. The van der Waals surface area contributed by atoms with Gasteiger partial charge in [0.2, 0.25) is 23.6 Å². The van der Waals surface area contributed by atoms with E-state index in [1.165, 1.54) is 0 Å². The van der Waals surface area contributed by atoms with Crippen molar-refractivity contribution < 1.29 is 39.0 Å².